The van der Waals surface area contributed by atoms with Gasteiger partial charge < -0.3 is 5.73 Å². The molecule has 1 aliphatic heterocycles. The molecule has 1 fully saturated rings. The average Bonchev–Trinajstić information content (AvgIpc) is 3.47. The Balaban J connectivity index is 1.51. The van der Waals surface area contributed by atoms with E-state index in [2.05, 4.69) is 73.6 Å². The summed E-state index contributed by atoms with van der Waals surface area (Å²) in [4.78, 5) is 9.88. The predicted octanol–water partition coefficient (Wildman–Crippen LogP) is 6.34. The van der Waals surface area contributed by atoms with Gasteiger partial charge in [-0.25, -0.2) is 9.97 Å². The van der Waals surface area contributed by atoms with Crippen LogP contribution < -0.4 is 5.73 Å². The number of nitrogens with two attached hydrogens (primary N) is 1. The smallest absolute Gasteiger partial charge is 0.165 e. The van der Waals surface area contributed by atoms with E-state index in [9.17, 15) is 0 Å². The first-order chi connectivity index (χ1) is 15.9. The molecule has 0 radical (unpaired) electrons. The lowest BCUT2D eigenvalue weighted by Crippen LogP contribution is -2.47. The molecule has 1 saturated carbocycles. The van der Waals surface area contributed by atoms with Crippen molar-refractivity contribution in [1.82, 2.24) is 19.6 Å². The van der Waals surface area contributed by atoms with Gasteiger partial charge >= 0.3 is 0 Å². The van der Waals surface area contributed by atoms with Gasteiger partial charge in [-0.05, 0) is 53.7 Å². The zero-order valence-electron chi connectivity index (χ0n) is 19.3. The quantitative estimate of drug-likeness (QED) is 0.389. The van der Waals surface area contributed by atoms with Crippen LogP contribution in [0.3, 0.4) is 0 Å². The number of rotatable bonds is 4. The molecular weight excluding hydrogens is 426 g/mol. The van der Waals surface area contributed by atoms with E-state index in [0.29, 0.717) is 17.1 Å². The second-order valence-corrected chi connectivity index (χ2v) is 11.2. The van der Waals surface area contributed by atoms with E-state index in [-0.39, 0.29) is 5.54 Å². The first-order valence-corrected chi connectivity index (χ1v) is 12.8. The van der Waals surface area contributed by atoms with Crippen LogP contribution in [0.15, 0.2) is 54.1 Å². The fourth-order valence-corrected chi connectivity index (χ4v) is 6.26. The van der Waals surface area contributed by atoms with Crippen molar-refractivity contribution < 1.29 is 0 Å². The van der Waals surface area contributed by atoms with Gasteiger partial charge in [-0.15, -0.1) is 11.8 Å². The summed E-state index contributed by atoms with van der Waals surface area (Å²) in [5.41, 5.74) is 13.8. The topological polar surface area (TPSA) is 69.1 Å². The normalized spacial score (nSPS) is 24.8. The molecular formula is C27H29N5S. The first-order valence-electron chi connectivity index (χ1n) is 11.8. The highest BCUT2D eigenvalue weighted by molar-refractivity contribution is 8.02. The Hall–Kier alpha value is -2.70. The van der Waals surface area contributed by atoms with E-state index in [4.69, 9.17) is 15.8 Å². The molecule has 6 heteroatoms. The number of pyridine rings is 1. The molecule has 0 spiro atoms. The summed E-state index contributed by atoms with van der Waals surface area (Å²) in [5, 5.41) is 8.41. The molecule has 1 unspecified atom stereocenters. The second-order valence-electron chi connectivity index (χ2n) is 10.1. The molecule has 5 nitrogen and oxygen atoms in total. The first kappa shape index (κ1) is 20.9. The number of hydrogen-bond donors (Lipinski definition) is 1. The van der Waals surface area contributed by atoms with Crippen LogP contribution in [0.2, 0.25) is 0 Å². The highest BCUT2D eigenvalue weighted by Crippen LogP contribution is 2.45. The molecule has 4 aromatic rings. The maximum absolute atomic E-state index is 6.65. The van der Waals surface area contributed by atoms with Gasteiger partial charge in [0.25, 0.3) is 0 Å². The Labute approximate surface area is 198 Å². The van der Waals surface area contributed by atoms with E-state index in [1.54, 1.807) is 0 Å². The van der Waals surface area contributed by atoms with Crippen molar-refractivity contribution in [3.8, 4) is 11.3 Å². The maximum Gasteiger partial charge on any atom is 0.165 e. The standard InChI is InChI=1S/C27H29N5S/c1-16(2)22-12-24-29-15-19-11-21(23-5-4-10-33-23)25(30-26(19)32(24)31-22)18-6-8-20(9-7-18)27(28)13-17(3)14-27/h4,6-12,15-17,23H,5,13-14,28H2,1-3H3. The van der Waals surface area contributed by atoms with Crippen LogP contribution in [0.25, 0.3) is 27.9 Å². The molecule has 1 aromatic carbocycles. The highest BCUT2D eigenvalue weighted by Gasteiger charge is 2.39. The Morgan fingerprint density at radius 1 is 1.15 bits per heavy atom. The average molecular weight is 456 g/mol. The van der Waals surface area contributed by atoms with Crippen molar-refractivity contribution in [1.29, 1.82) is 0 Å². The number of nitrogens with zero attached hydrogens (tertiary/aromatic N) is 4. The molecule has 0 bridgehead atoms. The summed E-state index contributed by atoms with van der Waals surface area (Å²) >= 11 is 1.86. The lowest BCUT2D eigenvalue weighted by atomic mass is 9.66. The minimum atomic E-state index is -0.178. The van der Waals surface area contributed by atoms with Gasteiger partial charge in [0, 0.05) is 34.0 Å². The van der Waals surface area contributed by atoms with Crippen LogP contribution in [-0.2, 0) is 5.54 Å². The zero-order valence-corrected chi connectivity index (χ0v) is 20.1. The van der Waals surface area contributed by atoms with Gasteiger partial charge in [-0.2, -0.15) is 9.61 Å². The number of hydrogen-bond acceptors (Lipinski definition) is 5. The van der Waals surface area contributed by atoms with E-state index in [0.717, 1.165) is 52.9 Å². The highest BCUT2D eigenvalue weighted by atomic mass is 32.2. The summed E-state index contributed by atoms with van der Waals surface area (Å²) in [5.74, 6) is 1.04. The van der Waals surface area contributed by atoms with E-state index < -0.39 is 0 Å². The lowest BCUT2D eigenvalue weighted by Gasteiger charge is -2.44. The van der Waals surface area contributed by atoms with Crippen molar-refractivity contribution in [3.63, 3.8) is 0 Å². The van der Waals surface area contributed by atoms with Gasteiger partial charge in [0.15, 0.2) is 11.3 Å². The van der Waals surface area contributed by atoms with Crippen LogP contribution >= 0.6 is 11.8 Å². The number of thioether (sulfide) groups is 1. The minimum absolute atomic E-state index is 0.178. The predicted molar refractivity (Wildman–Crippen MR) is 136 cm³/mol. The van der Waals surface area contributed by atoms with Gasteiger partial charge in [0.1, 0.15) is 0 Å². The van der Waals surface area contributed by atoms with Crippen molar-refractivity contribution >= 4 is 28.4 Å². The molecule has 2 aliphatic rings. The fraction of sp³-hybridized carbons (Fsp3) is 0.370. The molecule has 3 aromatic heterocycles. The lowest BCUT2D eigenvalue weighted by molar-refractivity contribution is 0.164. The van der Waals surface area contributed by atoms with E-state index >= 15 is 0 Å². The van der Waals surface area contributed by atoms with Gasteiger partial charge in [-0.3, -0.25) is 0 Å². The zero-order chi connectivity index (χ0) is 22.7. The van der Waals surface area contributed by atoms with Crippen LogP contribution in [0.5, 0.6) is 0 Å². The summed E-state index contributed by atoms with van der Waals surface area (Å²) in [6, 6.07) is 13.1. The number of fused-ring (bicyclic) bond motifs is 3. The van der Waals surface area contributed by atoms with Gasteiger partial charge in [0.05, 0.1) is 11.4 Å². The summed E-state index contributed by atoms with van der Waals surface area (Å²) in [6.45, 7) is 6.58. The molecule has 4 heterocycles. The van der Waals surface area contributed by atoms with Crippen molar-refractivity contribution in [2.45, 2.75) is 56.7 Å². The Bertz CT molecular complexity index is 1370. The van der Waals surface area contributed by atoms with Gasteiger partial charge in [-0.1, -0.05) is 51.1 Å². The minimum Gasteiger partial charge on any atom is -0.321 e. The molecule has 2 N–H and O–H groups in total. The Kier molecular flexibility index (Phi) is 4.85. The van der Waals surface area contributed by atoms with E-state index in [1.807, 2.05) is 22.5 Å². The van der Waals surface area contributed by atoms with Crippen molar-refractivity contribution in [2.24, 2.45) is 11.7 Å². The maximum atomic E-state index is 6.65. The second kappa shape index (κ2) is 7.67. The third-order valence-corrected chi connectivity index (χ3v) is 8.22. The third kappa shape index (κ3) is 3.47. The molecule has 168 valence electrons. The summed E-state index contributed by atoms with van der Waals surface area (Å²) < 4.78 is 1.90. The monoisotopic (exact) mass is 455 g/mol. The molecule has 1 aliphatic carbocycles. The van der Waals surface area contributed by atoms with Crippen LogP contribution in [0.1, 0.15) is 68.0 Å². The third-order valence-electron chi connectivity index (χ3n) is 7.09. The summed E-state index contributed by atoms with van der Waals surface area (Å²) in [7, 11) is 0. The molecule has 1 atom stereocenters. The number of aromatic nitrogens is 4. The van der Waals surface area contributed by atoms with Crippen molar-refractivity contribution in [3.05, 3.63) is 70.9 Å². The molecule has 0 saturated heterocycles. The van der Waals surface area contributed by atoms with E-state index in [1.165, 1.54) is 11.1 Å². The molecule has 33 heavy (non-hydrogen) atoms. The van der Waals surface area contributed by atoms with Crippen LogP contribution in [0, 0.1) is 5.92 Å². The number of benzene rings is 1. The SMILES string of the molecule is CC1CC(N)(c2ccc(-c3nc4c(cnc5cc(C(C)C)nn54)cc3C3CC=CS3)cc2)C1. The van der Waals surface area contributed by atoms with Crippen molar-refractivity contribution in [2.75, 3.05) is 0 Å². The molecule has 0 amide bonds. The number of allylic oxidation sites excluding steroid dienone is 1. The Morgan fingerprint density at radius 2 is 1.94 bits per heavy atom. The fourth-order valence-electron chi connectivity index (χ4n) is 5.30. The Morgan fingerprint density at radius 3 is 2.61 bits per heavy atom. The summed E-state index contributed by atoms with van der Waals surface area (Å²) in [6.07, 6.45) is 7.30. The van der Waals surface area contributed by atoms with Crippen LogP contribution in [-0.4, -0.2) is 19.6 Å². The van der Waals surface area contributed by atoms with Crippen LogP contribution in [0.4, 0.5) is 0 Å². The molecule has 6 rings (SSSR count). The van der Waals surface area contributed by atoms with Gasteiger partial charge in [0.2, 0.25) is 0 Å². The largest absolute Gasteiger partial charge is 0.321 e.